The summed E-state index contributed by atoms with van der Waals surface area (Å²) in [4.78, 5) is 29.8. The van der Waals surface area contributed by atoms with Gasteiger partial charge in [-0.2, -0.15) is 0 Å². The van der Waals surface area contributed by atoms with Gasteiger partial charge in [0.15, 0.2) is 17.3 Å². The van der Waals surface area contributed by atoms with Crippen molar-refractivity contribution < 1.29 is 14.3 Å². The van der Waals surface area contributed by atoms with Gasteiger partial charge in [0.2, 0.25) is 0 Å². The van der Waals surface area contributed by atoms with Crippen LogP contribution < -0.4 is 26.0 Å². The van der Waals surface area contributed by atoms with Crippen LogP contribution in [0, 0.1) is 0 Å². The molecule has 1 aromatic heterocycles. The molecular weight excluding hydrogens is 556 g/mol. The number of nitrogens with two attached hydrogens (primary N) is 1. The molecule has 4 N–H and O–H groups in total. The van der Waals surface area contributed by atoms with E-state index < -0.39 is 5.91 Å². The molecule has 234 valence electrons. The molecule has 44 heavy (non-hydrogen) atoms. The Morgan fingerprint density at radius 3 is 2.20 bits per heavy atom. The van der Waals surface area contributed by atoms with Gasteiger partial charge in [0.25, 0.3) is 5.91 Å². The Balaban J connectivity index is 1.19. The van der Waals surface area contributed by atoms with E-state index in [9.17, 15) is 4.79 Å². The number of amides is 1. The number of carbonyl (C=O) groups is 1. The molecule has 0 aliphatic carbocycles. The predicted molar refractivity (Wildman–Crippen MR) is 174 cm³/mol. The summed E-state index contributed by atoms with van der Waals surface area (Å²) < 4.78 is 10.9. The van der Waals surface area contributed by atoms with Crippen LogP contribution in [0.5, 0.6) is 5.75 Å². The molecule has 3 aliphatic heterocycles. The Labute approximate surface area is 259 Å². The van der Waals surface area contributed by atoms with E-state index in [-0.39, 0.29) is 11.7 Å². The highest BCUT2D eigenvalue weighted by Gasteiger charge is 2.27. The second kappa shape index (κ2) is 13.8. The molecule has 3 saturated heterocycles. The zero-order chi connectivity index (χ0) is 30.5. The monoisotopic (exact) mass is 600 g/mol. The minimum atomic E-state index is -0.646. The number of hydrogen-bond acceptors (Lipinski definition) is 10. The number of ether oxygens (including phenoxy) is 2. The first-order valence-corrected chi connectivity index (χ1v) is 15.7. The van der Waals surface area contributed by atoms with Crippen molar-refractivity contribution in [1.82, 2.24) is 19.8 Å². The average molecular weight is 601 g/mol. The first-order chi connectivity index (χ1) is 21.5. The maximum absolute atomic E-state index is 12.6. The number of benzene rings is 2. The summed E-state index contributed by atoms with van der Waals surface area (Å²) in [6.07, 6.45) is 4.09. The number of nitrogens with zero attached hydrogens (tertiary/aromatic N) is 5. The fraction of sp³-hybridized carbons (Fsp3) is 0.485. The molecule has 3 aromatic rings. The summed E-state index contributed by atoms with van der Waals surface area (Å²) >= 11 is 0. The van der Waals surface area contributed by atoms with Gasteiger partial charge in [-0.05, 0) is 81.3 Å². The van der Waals surface area contributed by atoms with Gasteiger partial charge < -0.3 is 35.6 Å². The van der Waals surface area contributed by atoms with E-state index in [1.54, 1.807) is 7.11 Å². The topological polar surface area (TPSA) is 121 Å². The van der Waals surface area contributed by atoms with Crippen molar-refractivity contribution in [2.45, 2.75) is 37.8 Å². The number of piperazine rings is 1. The van der Waals surface area contributed by atoms with Crippen LogP contribution >= 0.6 is 0 Å². The largest absolute Gasteiger partial charge is 0.497 e. The van der Waals surface area contributed by atoms with Gasteiger partial charge in [-0.3, -0.25) is 9.69 Å². The van der Waals surface area contributed by atoms with Crippen LogP contribution in [0.25, 0.3) is 11.3 Å². The maximum atomic E-state index is 12.6. The van der Waals surface area contributed by atoms with E-state index in [0.717, 1.165) is 56.0 Å². The molecular formula is C33H44N8O3. The lowest BCUT2D eigenvalue weighted by atomic mass is 10.0. The quantitative estimate of drug-likeness (QED) is 0.334. The van der Waals surface area contributed by atoms with Crippen molar-refractivity contribution >= 4 is 28.9 Å². The second-order valence-corrected chi connectivity index (χ2v) is 12.0. The van der Waals surface area contributed by atoms with Crippen molar-refractivity contribution in [2.75, 3.05) is 82.2 Å². The lowest BCUT2D eigenvalue weighted by molar-refractivity contribution is 0.0904. The molecule has 2 aromatic carbocycles. The summed E-state index contributed by atoms with van der Waals surface area (Å²) in [5, 5.41) is 6.88. The molecule has 0 bridgehead atoms. The maximum Gasteiger partial charge on any atom is 0.271 e. The number of nitrogens with one attached hydrogen (secondary N) is 2. The molecule has 3 aliphatic rings. The van der Waals surface area contributed by atoms with E-state index >= 15 is 0 Å². The minimum absolute atomic E-state index is 0.0865. The van der Waals surface area contributed by atoms with Gasteiger partial charge >= 0.3 is 0 Å². The number of piperidine rings is 1. The summed E-state index contributed by atoms with van der Waals surface area (Å²) in [5.41, 5.74) is 9.31. The number of anilines is 4. The lowest BCUT2D eigenvalue weighted by Crippen LogP contribution is -2.52. The van der Waals surface area contributed by atoms with Crippen molar-refractivity contribution in [3.05, 3.63) is 54.2 Å². The van der Waals surface area contributed by atoms with Crippen molar-refractivity contribution in [1.29, 1.82) is 0 Å². The molecule has 1 amide bonds. The number of carbonyl (C=O) groups excluding carboxylic acids is 1. The third-order valence-electron chi connectivity index (χ3n) is 9.07. The van der Waals surface area contributed by atoms with Gasteiger partial charge in [0, 0.05) is 81.5 Å². The number of aromatic nitrogens is 2. The summed E-state index contributed by atoms with van der Waals surface area (Å²) in [6.45, 7) is 8.14. The molecule has 0 radical (unpaired) electrons. The molecule has 0 spiro atoms. The molecule has 11 heteroatoms. The van der Waals surface area contributed by atoms with E-state index in [0.29, 0.717) is 36.6 Å². The van der Waals surface area contributed by atoms with Gasteiger partial charge in [0.05, 0.1) is 7.11 Å². The minimum Gasteiger partial charge on any atom is -0.497 e. The highest BCUT2D eigenvalue weighted by Crippen LogP contribution is 2.32. The lowest BCUT2D eigenvalue weighted by Gasteiger charge is -2.42. The first-order valence-electron chi connectivity index (χ1n) is 15.7. The Morgan fingerprint density at radius 1 is 0.886 bits per heavy atom. The first kappa shape index (κ1) is 30.1. The third-order valence-corrected chi connectivity index (χ3v) is 9.07. The number of rotatable bonds is 9. The van der Waals surface area contributed by atoms with Crippen molar-refractivity contribution in [3.8, 4) is 17.0 Å². The number of hydrogen-bond donors (Lipinski definition) is 3. The fourth-order valence-corrected chi connectivity index (χ4v) is 6.35. The second-order valence-electron chi connectivity index (χ2n) is 12.0. The highest BCUT2D eigenvalue weighted by atomic mass is 16.5. The molecule has 6 rings (SSSR count). The van der Waals surface area contributed by atoms with E-state index in [1.165, 1.54) is 31.6 Å². The van der Waals surface area contributed by atoms with Crippen LogP contribution in [0.15, 0.2) is 48.5 Å². The molecule has 0 atom stereocenters. The molecule has 4 heterocycles. The highest BCUT2D eigenvalue weighted by molar-refractivity contribution is 5.97. The van der Waals surface area contributed by atoms with E-state index in [1.807, 2.05) is 36.4 Å². The number of primary amides is 1. The Hall–Kier alpha value is -3.93. The van der Waals surface area contributed by atoms with Crippen LogP contribution in [0.4, 0.5) is 23.0 Å². The Bertz CT molecular complexity index is 1400. The summed E-state index contributed by atoms with van der Waals surface area (Å²) in [7, 11) is 3.84. The van der Waals surface area contributed by atoms with Gasteiger partial charge in [-0.15, -0.1) is 0 Å². The smallest absolute Gasteiger partial charge is 0.271 e. The van der Waals surface area contributed by atoms with E-state index in [4.69, 9.17) is 25.2 Å². The Kier molecular flexibility index (Phi) is 9.44. The normalized spacial score (nSPS) is 19.1. The van der Waals surface area contributed by atoms with Crippen LogP contribution in [-0.4, -0.2) is 104 Å². The van der Waals surface area contributed by atoms with Crippen molar-refractivity contribution in [2.24, 2.45) is 5.73 Å². The van der Waals surface area contributed by atoms with Gasteiger partial charge in [0.1, 0.15) is 11.4 Å². The zero-order valence-electron chi connectivity index (χ0n) is 25.8. The zero-order valence-corrected chi connectivity index (χ0v) is 25.8. The fourth-order valence-electron chi connectivity index (χ4n) is 6.35. The average Bonchev–Trinajstić information content (AvgIpc) is 3.06. The van der Waals surface area contributed by atoms with Crippen molar-refractivity contribution in [3.63, 3.8) is 0 Å². The SMILES string of the molecule is COc1ccc(-c2nc(C(N)=O)c(Nc3ccc(N4CCC(N5CCN(C)CC5)CC4)cc3)nc2NC2CCOCC2)cc1. The summed E-state index contributed by atoms with van der Waals surface area (Å²) in [5.74, 6) is 1.00. The molecule has 3 fully saturated rings. The standard InChI is InChI=1S/C33H44N8O3/c1-39-17-19-41(20-18-39)27-11-15-40(16-12-27)26-7-5-24(6-8-26)35-33-30(31(34)42)37-29(23-3-9-28(43-2)10-4-23)32(38-33)36-25-13-21-44-22-14-25/h3-10,25,27H,11-22H2,1-2H3,(H2,34,42)(H2,35,36,38). The van der Waals surface area contributed by atoms with Crippen LogP contribution in [-0.2, 0) is 4.74 Å². The van der Waals surface area contributed by atoms with Crippen LogP contribution in [0.2, 0.25) is 0 Å². The predicted octanol–water partition coefficient (Wildman–Crippen LogP) is 3.80. The molecule has 0 unspecified atom stereocenters. The number of likely N-dealkylation sites (N-methyl/N-ethyl adjacent to an activating group) is 1. The Morgan fingerprint density at radius 2 is 1.57 bits per heavy atom. The van der Waals surface area contributed by atoms with E-state index in [2.05, 4.69) is 44.5 Å². The third kappa shape index (κ3) is 7.06. The summed E-state index contributed by atoms with van der Waals surface area (Å²) in [6, 6.07) is 16.7. The molecule has 11 nitrogen and oxygen atoms in total. The molecule has 0 saturated carbocycles. The number of methoxy groups -OCH3 is 1. The van der Waals surface area contributed by atoms with Gasteiger partial charge in [-0.25, -0.2) is 9.97 Å². The van der Waals surface area contributed by atoms with Crippen LogP contribution in [0.3, 0.4) is 0 Å². The van der Waals surface area contributed by atoms with Gasteiger partial charge in [-0.1, -0.05) is 0 Å². The van der Waals surface area contributed by atoms with Crippen LogP contribution in [0.1, 0.15) is 36.2 Å².